The number of nitrogens with zero attached hydrogens (tertiary/aromatic N) is 5. The number of hydrogen-bond acceptors (Lipinski definition) is 5. The van der Waals surface area contributed by atoms with E-state index in [1.165, 1.54) is 4.57 Å². The molecule has 0 spiro atoms. The van der Waals surface area contributed by atoms with Crippen molar-refractivity contribution in [3.63, 3.8) is 0 Å². The van der Waals surface area contributed by atoms with Crippen LogP contribution >= 0.6 is 0 Å². The third-order valence-corrected chi connectivity index (χ3v) is 3.10. The SMILES string of the molecule is Bc1cc(-n2ccnn2)nc2c1ccn2C(=O)OC(C)(C)C. The van der Waals surface area contributed by atoms with Crippen molar-refractivity contribution in [2.45, 2.75) is 26.4 Å². The van der Waals surface area contributed by atoms with Gasteiger partial charge in [-0.15, -0.1) is 5.10 Å². The van der Waals surface area contributed by atoms with Crippen LogP contribution in [-0.4, -0.2) is 44.1 Å². The van der Waals surface area contributed by atoms with Gasteiger partial charge in [0, 0.05) is 11.6 Å². The van der Waals surface area contributed by atoms with E-state index in [9.17, 15) is 4.79 Å². The van der Waals surface area contributed by atoms with Crippen LogP contribution < -0.4 is 5.46 Å². The van der Waals surface area contributed by atoms with Crippen LogP contribution in [0.15, 0.2) is 30.7 Å². The first-order chi connectivity index (χ1) is 10.3. The smallest absolute Gasteiger partial charge is 0.420 e. The summed E-state index contributed by atoms with van der Waals surface area (Å²) in [6.45, 7) is 5.49. The number of rotatable bonds is 1. The number of aromatic nitrogens is 5. The molecule has 3 heterocycles. The maximum absolute atomic E-state index is 12.3. The average molecular weight is 297 g/mol. The van der Waals surface area contributed by atoms with Crippen molar-refractivity contribution in [2.75, 3.05) is 0 Å². The van der Waals surface area contributed by atoms with E-state index in [0.717, 1.165) is 10.8 Å². The molecule has 3 aromatic heterocycles. The minimum absolute atomic E-state index is 0.454. The molecule has 0 amide bonds. The fourth-order valence-corrected chi connectivity index (χ4v) is 2.16. The van der Waals surface area contributed by atoms with E-state index in [4.69, 9.17) is 4.74 Å². The molecule has 0 aromatic carbocycles. The highest BCUT2D eigenvalue weighted by molar-refractivity contribution is 6.38. The first kappa shape index (κ1) is 14.3. The molecule has 0 aliphatic carbocycles. The topological polar surface area (TPSA) is 74.8 Å². The van der Waals surface area contributed by atoms with Crippen LogP contribution in [0.5, 0.6) is 0 Å². The maximum Gasteiger partial charge on any atom is 0.420 e. The summed E-state index contributed by atoms with van der Waals surface area (Å²) in [6, 6.07) is 3.75. The molecule has 0 saturated heterocycles. The molecule has 8 heteroatoms. The predicted molar refractivity (Wildman–Crippen MR) is 84.5 cm³/mol. The van der Waals surface area contributed by atoms with E-state index in [2.05, 4.69) is 15.3 Å². The van der Waals surface area contributed by atoms with Gasteiger partial charge in [0.1, 0.15) is 13.4 Å². The number of carbonyl (C=O) groups excluding carboxylic acids is 1. The van der Waals surface area contributed by atoms with Gasteiger partial charge in [0.2, 0.25) is 0 Å². The molecule has 0 N–H and O–H groups in total. The lowest BCUT2D eigenvalue weighted by molar-refractivity contribution is 0.0543. The van der Waals surface area contributed by atoms with Gasteiger partial charge >= 0.3 is 6.09 Å². The zero-order chi connectivity index (χ0) is 15.9. The number of pyridine rings is 1. The Kier molecular flexibility index (Phi) is 3.24. The summed E-state index contributed by atoms with van der Waals surface area (Å²) in [5, 5.41) is 8.61. The monoisotopic (exact) mass is 297 g/mol. The molecule has 3 rings (SSSR count). The van der Waals surface area contributed by atoms with Gasteiger partial charge in [0.05, 0.1) is 12.4 Å². The van der Waals surface area contributed by atoms with Gasteiger partial charge in [-0.3, -0.25) is 0 Å². The molecule has 7 nitrogen and oxygen atoms in total. The van der Waals surface area contributed by atoms with Crippen LogP contribution in [0.25, 0.3) is 16.9 Å². The molecular formula is C14H16BN5O2. The molecule has 0 atom stereocenters. The second-order valence-electron chi connectivity index (χ2n) is 6.05. The van der Waals surface area contributed by atoms with Crippen molar-refractivity contribution in [1.29, 1.82) is 0 Å². The largest absolute Gasteiger partial charge is 0.443 e. The predicted octanol–water partition coefficient (Wildman–Crippen LogP) is 0.659. The number of ether oxygens (including phenoxy) is 1. The van der Waals surface area contributed by atoms with Crippen molar-refractivity contribution in [3.05, 3.63) is 30.7 Å². The van der Waals surface area contributed by atoms with Crippen molar-refractivity contribution < 1.29 is 9.53 Å². The van der Waals surface area contributed by atoms with Gasteiger partial charge in [-0.25, -0.2) is 19.0 Å². The average Bonchev–Trinajstić information content (AvgIpc) is 3.05. The third kappa shape index (κ3) is 2.59. The van der Waals surface area contributed by atoms with Gasteiger partial charge in [-0.05, 0) is 32.9 Å². The molecular weight excluding hydrogens is 281 g/mol. The van der Waals surface area contributed by atoms with Crippen LogP contribution in [0.4, 0.5) is 4.79 Å². The molecule has 0 aliphatic rings. The molecule has 0 unspecified atom stereocenters. The van der Waals surface area contributed by atoms with Crippen LogP contribution in [0.2, 0.25) is 0 Å². The summed E-state index contributed by atoms with van der Waals surface area (Å²) in [4.78, 5) is 16.8. The third-order valence-electron chi connectivity index (χ3n) is 3.10. The Labute approximate surface area is 128 Å². The minimum atomic E-state index is -0.563. The fraction of sp³-hybridized carbons (Fsp3) is 0.286. The number of carbonyl (C=O) groups is 1. The van der Waals surface area contributed by atoms with E-state index < -0.39 is 11.7 Å². The van der Waals surface area contributed by atoms with E-state index >= 15 is 0 Å². The lowest BCUT2D eigenvalue weighted by atomic mass is 9.94. The first-order valence-corrected chi connectivity index (χ1v) is 6.94. The molecule has 22 heavy (non-hydrogen) atoms. The Morgan fingerprint density at radius 3 is 2.73 bits per heavy atom. The summed E-state index contributed by atoms with van der Waals surface area (Å²) >= 11 is 0. The van der Waals surface area contributed by atoms with Crippen LogP contribution in [0, 0.1) is 0 Å². The van der Waals surface area contributed by atoms with E-state index in [1.807, 2.05) is 40.8 Å². The fourth-order valence-electron chi connectivity index (χ4n) is 2.16. The van der Waals surface area contributed by atoms with Crippen LogP contribution in [-0.2, 0) is 4.74 Å². The Morgan fingerprint density at radius 1 is 1.32 bits per heavy atom. The van der Waals surface area contributed by atoms with Gasteiger partial charge in [0.15, 0.2) is 11.5 Å². The van der Waals surface area contributed by atoms with Gasteiger partial charge in [-0.2, -0.15) is 0 Å². The highest BCUT2D eigenvalue weighted by Gasteiger charge is 2.20. The highest BCUT2D eigenvalue weighted by atomic mass is 16.6. The van der Waals surface area contributed by atoms with E-state index in [0.29, 0.717) is 11.5 Å². The Balaban J connectivity index is 2.11. The van der Waals surface area contributed by atoms with Gasteiger partial charge < -0.3 is 4.74 Å². The Bertz CT molecular complexity index is 833. The highest BCUT2D eigenvalue weighted by Crippen LogP contribution is 2.16. The molecule has 3 aromatic rings. The quantitative estimate of drug-likeness (QED) is 0.617. The summed E-state index contributed by atoms with van der Waals surface area (Å²) in [5.41, 5.74) is 0.976. The zero-order valence-corrected chi connectivity index (χ0v) is 12.9. The van der Waals surface area contributed by atoms with E-state index in [-0.39, 0.29) is 0 Å². The molecule has 0 radical (unpaired) electrons. The molecule has 0 fully saturated rings. The Morgan fingerprint density at radius 2 is 2.09 bits per heavy atom. The van der Waals surface area contributed by atoms with E-state index in [1.54, 1.807) is 23.3 Å². The number of hydrogen-bond donors (Lipinski definition) is 0. The van der Waals surface area contributed by atoms with Crippen molar-refractivity contribution in [2.24, 2.45) is 0 Å². The second-order valence-corrected chi connectivity index (χ2v) is 6.05. The van der Waals surface area contributed by atoms with Crippen LogP contribution in [0.3, 0.4) is 0 Å². The lowest BCUT2D eigenvalue weighted by Gasteiger charge is -2.19. The molecule has 0 aliphatic heterocycles. The second kappa shape index (κ2) is 4.97. The normalized spacial score (nSPS) is 11.8. The molecule has 0 bridgehead atoms. The van der Waals surface area contributed by atoms with Crippen LogP contribution in [0.1, 0.15) is 20.8 Å². The van der Waals surface area contributed by atoms with Gasteiger partial charge in [0.25, 0.3) is 0 Å². The molecule has 0 saturated carbocycles. The van der Waals surface area contributed by atoms with Crippen molar-refractivity contribution in [1.82, 2.24) is 24.5 Å². The Hall–Kier alpha value is -2.64. The maximum atomic E-state index is 12.3. The van der Waals surface area contributed by atoms with Gasteiger partial charge in [-0.1, -0.05) is 10.7 Å². The standard InChI is InChI=1S/C14H16BN5O2/c1-14(2,3)22-13(21)19-6-4-9-10(15)8-11(17-12(9)19)20-7-5-16-18-20/h4-8H,15H2,1-3H3. The summed E-state index contributed by atoms with van der Waals surface area (Å²) in [7, 11) is 1.96. The minimum Gasteiger partial charge on any atom is -0.443 e. The summed E-state index contributed by atoms with van der Waals surface area (Å²) in [6.07, 6.45) is 4.50. The summed E-state index contributed by atoms with van der Waals surface area (Å²) < 4.78 is 8.38. The zero-order valence-electron chi connectivity index (χ0n) is 12.9. The number of fused-ring (bicyclic) bond motifs is 1. The first-order valence-electron chi connectivity index (χ1n) is 6.94. The lowest BCUT2D eigenvalue weighted by Crippen LogP contribution is -2.27. The summed E-state index contributed by atoms with van der Waals surface area (Å²) in [5.74, 6) is 0.603. The molecule has 112 valence electrons. The van der Waals surface area contributed by atoms with Crippen molar-refractivity contribution in [3.8, 4) is 5.82 Å². The van der Waals surface area contributed by atoms with Crippen molar-refractivity contribution >= 4 is 30.4 Å².